The molecule has 0 heterocycles. The van der Waals surface area contributed by atoms with Gasteiger partial charge in [0.05, 0.1) is 5.41 Å². The van der Waals surface area contributed by atoms with Crippen LogP contribution in [0.1, 0.15) is 57.1 Å². The maximum absolute atomic E-state index is 12.7. The number of alkyl carbamates (subject to hydrolysis) is 1. The van der Waals surface area contributed by atoms with Gasteiger partial charge in [0.15, 0.2) is 0 Å². The quantitative estimate of drug-likeness (QED) is 0.498. The summed E-state index contributed by atoms with van der Waals surface area (Å²) in [6.07, 6.45) is 0.806. The van der Waals surface area contributed by atoms with E-state index in [4.69, 9.17) is 4.74 Å². The summed E-state index contributed by atoms with van der Waals surface area (Å²) in [5.41, 5.74) is 3.45. The minimum atomic E-state index is -1.06. The summed E-state index contributed by atoms with van der Waals surface area (Å²) >= 11 is 0. The van der Waals surface area contributed by atoms with Crippen molar-refractivity contribution in [3.63, 3.8) is 0 Å². The van der Waals surface area contributed by atoms with Gasteiger partial charge in [-0.3, -0.25) is 9.59 Å². The number of carbonyl (C=O) groups excluding carboxylic acids is 2. The van der Waals surface area contributed by atoms with E-state index in [0.29, 0.717) is 19.3 Å². The molecule has 0 saturated heterocycles. The van der Waals surface area contributed by atoms with E-state index in [1.165, 1.54) is 0 Å². The summed E-state index contributed by atoms with van der Waals surface area (Å²) in [5.74, 6) is -1.45. The average molecular weight is 453 g/mol. The second-order valence-electron chi connectivity index (χ2n) is 8.75. The van der Waals surface area contributed by atoms with Crippen molar-refractivity contribution in [3.8, 4) is 11.1 Å². The minimum Gasteiger partial charge on any atom is -0.481 e. The van der Waals surface area contributed by atoms with Crippen molar-refractivity contribution in [2.24, 2.45) is 5.41 Å². The first-order valence-corrected chi connectivity index (χ1v) is 11.4. The molecule has 0 radical (unpaired) electrons. The molecule has 0 aliphatic heterocycles. The molecule has 7 nitrogen and oxygen atoms in total. The van der Waals surface area contributed by atoms with Crippen LogP contribution < -0.4 is 10.6 Å². The van der Waals surface area contributed by atoms with Gasteiger partial charge in [0.1, 0.15) is 12.6 Å². The molecule has 2 amide bonds. The highest BCUT2D eigenvalue weighted by atomic mass is 16.5. The van der Waals surface area contributed by atoms with Gasteiger partial charge in [0.2, 0.25) is 5.91 Å². The summed E-state index contributed by atoms with van der Waals surface area (Å²) in [4.78, 5) is 36.7. The molecule has 0 bridgehead atoms. The molecule has 1 aliphatic carbocycles. The zero-order chi connectivity index (χ0) is 24.0. The Bertz CT molecular complexity index is 976. The monoisotopic (exact) mass is 452 g/mol. The Morgan fingerprint density at radius 2 is 1.61 bits per heavy atom. The lowest BCUT2D eigenvalue weighted by Crippen LogP contribution is -2.50. The molecule has 1 aliphatic rings. The summed E-state index contributed by atoms with van der Waals surface area (Å²) < 4.78 is 5.55. The van der Waals surface area contributed by atoms with Crippen LogP contribution in [0, 0.1) is 5.41 Å². The molecule has 3 N–H and O–H groups in total. The predicted octanol–water partition coefficient (Wildman–Crippen LogP) is 4.31. The largest absolute Gasteiger partial charge is 0.481 e. The predicted molar refractivity (Wildman–Crippen MR) is 126 cm³/mol. The molecule has 2 atom stereocenters. The lowest BCUT2D eigenvalue weighted by Gasteiger charge is -2.25. The van der Waals surface area contributed by atoms with Gasteiger partial charge in [0.25, 0.3) is 0 Å². The van der Waals surface area contributed by atoms with Crippen molar-refractivity contribution in [1.29, 1.82) is 0 Å². The fraction of sp³-hybridized carbons (Fsp3) is 0.423. The number of benzene rings is 2. The van der Waals surface area contributed by atoms with E-state index in [1.54, 1.807) is 13.8 Å². The van der Waals surface area contributed by atoms with Crippen LogP contribution in [0.2, 0.25) is 0 Å². The van der Waals surface area contributed by atoms with Crippen LogP contribution >= 0.6 is 0 Å². The summed E-state index contributed by atoms with van der Waals surface area (Å²) in [6.45, 7) is 5.41. The molecular formula is C26H32N2O5. The van der Waals surface area contributed by atoms with E-state index in [2.05, 4.69) is 22.8 Å². The van der Waals surface area contributed by atoms with E-state index in [9.17, 15) is 19.5 Å². The molecule has 2 aromatic rings. The van der Waals surface area contributed by atoms with Crippen molar-refractivity contribution in [2.75, 3.05) is 13.2 Å². The maximum atomic E-state index is 12.7. The second-order valence-corrected chi connectivity index (χ2v) is 8.75. The van der Waals surface area contributed by atoms with Gasteiger partial charge in [-0.15, -0.1) is 0 Å². The van der Waals surface area contributed by atoms with Gasteiger partial charge >= 0.3 is 12.1 Å². The van der Waals surface area contributed by atoms with Crippen LogP contribution in [-0.4, -0.2) is 42.3 Å². The topological polar surface area (TPSA) is 105 Å². The Morgan fingerprint density at radius 1 is 1.03 bits per heavy atom. The molecule has 0 saturated carbocycles. The third-order valence-corrected chi connectivity index (χ3v) is 6.48. The molecule has 7 heteroatoms. The number of aliphatic carboxylic acids is 1. The standard InChI is InChI=1S/C26H32N2O5/c1-4-10-22(23(29)27-16-26(3,5-2)24(30)31)28-25(32)33-15-21-19-13-8-6-11-17(19)18-12-7-9-14-20(18)21/h6-9,11-14,21-22H,4-5,10,15-16H2,1-3H3,(H,27,29)(H,28,32)(H,30,31)/t22-,26?/m1/s1. The van der Waals surface area contributed by atoms with Crippen molar-refractivity contribution in [3.05, 3.63) is 59.7 Å². The number of nitrogens with one attached hydrogen (secondary N) is 2. The van der Waals surface area contributed by atoms with Crippen LogP contribution in [-0.2, 0) is 14.3 Å². The average Bonchev–Trinajstić information content (AvgIpc) is 3.14. The molecule has 3 rings (SSSR count). The Morgan fingerprint density at radius 3 is 2.12 bits per heavy atom. The minimum absolute atomic E-state index is 0.00967. The molecule has 0 aromatic heterocycles. The van der Waals surface area contributed by atoms with Gasteiger partial charge in [0, 0.05) is 12.5 Å². The van der Waals surface area contributed by atoms with Crippen molar-refractivity contribution in [2.45, 2.75) is 52.0 Å². The highest BCUT2D eigenvalue weighted by Crippen LogP contribution is 2.44. The van der Waals surface area contributed by atoms with Gasteiger partial charge in [-0.05, 0) is 42.0 Å². The Kier molecular flexibility index (Phi) is 7.74. The van der Waals surface area contributed by atoms with Gasteiger partial charge in [-0.25, -0.2) is 4.79 Å². The normalized spacial score (nSPS) is 15.0. The zero-order valence-electron chi connectivity index (χ0n) is 19.4. The van der Waals surface area contributed by atoms with E-state index < -0.39 is 29.4 Å². The molecule has 2 aromatic carbocycles. The lowest BCUT2D eigenvalue weighted by atomic mass is 9.87. The molecule has 0 spiro atoms. The zero-order valence-corrected chi connectivity index (χ0v) is 19.4. The first kappa shape index (κ1) is 24.3. The van der Waals surface area contributed by atoms with Crippen LogP contribution in [0.15, 0.2) is 48.5 Å². The van der Waals surface area contributed by atoms with Crippen LogP contribution in [0.5, 0.6) is 0 Å². The number of carbonyl (C=O) groups is 3. The first-order valence-electron chi connectivity index (χ1n) is 11.4. The molecule has 0 fully saturated rings. The van der Waals surface area contributed by atoms with Gasteiger partial charge < -0.3 is 20.5 Å². The van der Waals surface area contributed by atoms with Crippen molar-refractivity contribution < 1.29 is 24.2 Å². The van der Waals surface area contributed by atoms with E-state index in [0.717, 1.165) is 22.3 Å². The highest BCUT2D eigenvalue weighted by molar-refractivity contribution is 5.86. The molecule has 176 valence electrons. The summed E-state index contributed by atoms with van der Waals surface area (Å²) in [5, 5.41) is 14.7. The Balaban J connectivity index is 1.62. The molecule has 33 heavy (non-hydrogen) atoms. The van der Waals surface area contributed by atoms with E-state index in [1.807, 2.05) is 43.3 Å². The fourth-order valence-electron chi connectivity index (χ4n) is 4.10. The van der Waals surface area contributed by atoms with Crippen LogP contribution in [0.3, 0.4) is 0 Å². The number of rotatable bonds is 10. The van der Waals surface area contributed by atoms with Gasteiger partial charge in [-0.1, -0.05) is 68.8 Å². The van der Waals surface area contributed by atoms with E-state index >= 15 is 0 Å². The third-order valence-electron chi connectivity index (χ3n) is 6.48. The summed E-state index contributed by atoms with van der Waals surface area (Å²) in [7, 11) is 0. The lowest BCUT2D eigenvalue weighted by molar-refractivity contribution is -0.148. The number of ether oxygens (including phenoxy) is 1. The molecular weight excluding hydrogens is 420 g/mol. The highest BCUT2D eigenvalue weighted by Gasteiger charge is 2.33. The third kappa shape index (κ3) is 5.35. The van der Waals surface area contributed by atoms with Gasteiger partial charge in [-0.2, -0.15) is 0 Å². The number of amides is 2. The number of hydrogen-bond donors (Lipinski definition) is 3. The Hall–Kier alpha value is -3.35. The number of hydrogen-bond acceptors (Lipinski definition) is 4. The fourth-order valence-corrected chi connectivity index (χ4v) is 4.10. The SMILES string of the molecule is CCC[C@@H](NC(=O)OCC1c2ccccc2-c2ccccc21)C(=O)NCC(C)(CC)C(=O)O. The smallest absolute Gasteiger partial charge is 0.407 e. The Labute approximate surface area is 194 Å². The van der Waals surface area contributed by atoms with Crippen molar-refractivity contribution in [1.82, 2.24) is 10.6 Å². The molecule has 1 unspecified atom stereocenters. The van der Waals surface area contributed by atoms with Crippen molar-refractivity contribution >= 4 is 18.0 Å². The van der Waals surface area contributed by atoms with Crippen LogP contribution in [0.4, 0.5) is 4.79 Å². The maximum Gasteiger partial charge on any atom is 0.407 e. The summed E-state index contributed by atoms with van der Waals surface area (Å²) in [6, 6.07) is 15.4. The first-order chi connectivity index (χ1) is 15.8. The van der Waals surface area contributed by atoms with E-state index in [-0.39, 0.29) is 19.1 Å². The number of carboxylic acid groups (broad SMARTS) is 1. The number of fused-ring (bicyclic) bond motifs is 3. The van der Waals surface area contributed by atoms with Crippen LogP contribution in [0.25, 0.3) is 11.1 Å². The second kappa shape index (κ2) is 10.5. The number of carboxylic acids is 1.